The lowest BCUT2D eigenvalue weighted by Crippen LogP contribution is -2.41. The fourth-order valence-electron chi connectivity index (χ4n) is 1.10. The Bertz CT molecular complexity index is 237. The molecule has 1 radical (unpaired) electrons. The molecule has 5 heteroatoms. The van der Waals surface area contributed by atoms with Crippen molar-refractivity contribution in [3.8, 4) is 0 Å². The first-order valence-electron chi connectivity index (χ1n) is 4.26. The van der Waals surface area contributed by atoms with Crippen LogP contribution in [0.3, 0.4) is 0 Å². The highest BCUT2D eigenvalue weighted by atomic mass is 32.2. The molecule has 0 amide bonds. The third-order valence-corrected chi connectivity index (χ3v) is 3.60. The molecule has 0 aromatic carbocycles. The summed E-state index contributed by atoms with van der Waals surface area (Å²) in [5.41, 5.74) is 0. The highest BCUT2D eigenvalue weighted by molar-refractivity contribution is 7.87. The zero-order valence-electron chi connectivity index (χ0n) is 8.96. The second-order valence-corrected chi connectivity index (χ2v) is 5.42. The summed E-state index contributed by atoms with van der Waals surface area (Å²) in [6.45, 7) is 5.88. The minimum atomic E-state index is -3.27. The van der Waals surface area contributed by atoms with E-state index < -0.39 is 10.2 Å². The van der Waals surface area contributed by atoms with Gasteiger partial charge in [0.25, 0.3) is 10.2 Å². The van der Waals surface area contributed by atoms with E-state index in [0.29, 0.717) is 0 Å². The molecule has 0 aromatic rings. The van der Waals surface area contributed by atoms with Crippen LogP contribution < -0.4 is 4.72 Å². The average molecular weight is 207 g/mol. The Morgan fingerprint density at radius 3 is 2.23 bits per heavy atom. The van der Waals surface area contributed by atoms with E-state index in [2.05, 4.69) is 4.72 Å². The number of rotatable bonds is 5. The van der Waals surface area contributed by atoms with Gasteiger partial charge < -0.3 is 0 Å². The van der Waals surface area contributed by atoms with Gasteiger partial charge in [-0.3, -0.25) is 0 Å². The molecule has 0 rings (SSSR count). The standard InChI is InChI=1S/C8H19N2O2S/c1-7(2)6-8(3)10(5)13(11,12)9-4/h8-9H,6H2,1-5H3. The second-order valence-electron chi connectivity index (χ2n) is 3.49. The van der Waals surface area contributed by atoms with Gasteiger partial charge in [0.1, 0.15) is 0 Å². The van der Waals surface area contributed by atoms with Crippen molar-refractivity contribution in [3.63, 3.8) is 0 Å². The zero-order chi connectivity index (χ0) is 10.6. The van der Waals surface area contributed by atoms with E-state index in [1.807, 2.05) is 20.8 Å². The lowest BCUT2D eigenvalue weighted by atomic mass is 10.1. The maximum absolute atomic E-state index is 11.3. The number of hydrogen-bond donors (Lipinski definition) is 1. The van der Waals surface area contributed by atoms with Gasteiger partial charge in [-0.05, 0) is 19.3 Å². The fraction of sp³-hybridized carbons (Fsp3) is 0.875. The van der Waals surface area contributed by atoms with Gasteiger partial charge >= 0.3 is 0 Å². The topological polar surface area (TPSA) is 49.4 Å². The van der Waals surface area contributed by atoms with Crippen LogP contribution in [0.15, 0.2) is 0 Å². The van der Waals surface area contributed by atoms with Crippen molar-refractivity contribution in [1.82, 2.24) is 9.03 Å². The minimum Gasteiger partial charge on any atom is -0.205 e. The lowest BCUT2D eigenvalue weighted by molar-refractivity contribution is 0.372. The molecule has 4 nitrogen and oxygen atoms in total. The van der Waals surface area contributed by atoms with Gasteiger partial charge in [0.15, 0.2) is 0 Å². The van der Waals surface area contributed by atoms with Crippen LogP contribution in [0.4, 0.5) is 0 Å². The van der Waals surface area contributed by atoms with Gasteiger partial charge in [0.2, 0.25) is 0 Å². The van der Waals surface area contributed by atoms with Crippen molar-refractivity contribution in [2.75, 3.05) is 14.1 Å². The molecule has 0 aliphatic carbocycles. The Morgan fingerprint density at radius 2 is 1.92 bits per heavy atom. The Kier molecular flexibility index (Phi) is 4.88. The van der Waals surface area contributed by atoms with Crippen LogP contribution in [0.25, 0.3) is 0 Å². The molecule has 0 aliphatic rings. The van der Waals surface area contributed by atoms with Crippen molar-refractivity contribution >= 4 is 10.2 Å². The summed E-state index contributed by atoms with van der Waals surface area (Å²) in [4.78, 5) is 0. The Balaban J connectivity index is 4.34. The Morgan fingerprint density at radius 1 is 1.46 bits per heavy atom. The molecule has 0 heterocycles. The van der Waals surface area contributed by atoms with Gasteiger partial charge in [-0.25, -0.2) is 4.72 Å². The van der Waals surface area contributed by atoms with Gasteiger partial charge in [-0.1, -0.05) is 13.8 Å². The fourth-order valence-corrected chi connectivity index (χ4v) is 1.94. The zero-order valence-corrected chi connectivity index (χ0v) is 9.77. The van der Waals surface area contributed by atoms with E-state index in [4.69, 9.17) is 0 Å². The molecule has 1 atom stereocenters. The normalized spacial score (nSPS) is 15.3. The summed E-state index contributed by atoms with van der Waals surface area (Å²) in [5, 5.41) is 0. The maximum atomic E-state index is 11.3. The molecule has 1 N–H and O–H groups in total. The smallest absolute Gasteiger partial charge is 0.205 e. The van der Waals surface area contributed by atoms with Crippen LogP contribution in [0, 0.1) is 5.92 Å². The van der Waals surface area contributed by atoms with Crippen LogP contribution in [-0.2, 0) is 10.2 Å². The maximum Gasteiger partial charge on any atom is 0.279 e. The predicted molar refractivity (Wildman–Crippen MR) is 54.4 cm³/mol. The molecule has 0 saturated carbocycles. The number of hydrogen-bond acceptors (Lipinski definition) is 2. The number of nitrogens with one attached hydrogen (secondary N) is 1. The summed E-state index contributed by atoms with van der Waals surface area (Å²) in [7, 11) is -0.273. The van der Waals surface area contributed by atoms with Crippen molar-refractivity contribution in [2.45, 2.75) is 33.2 Å². The highest BCUT2D eigenvalue weighted by Gasteiger charge is 2.21. The van der Waals surface area contributed by atoms with Crippen molar-refractivity contribution in [3.05, 3.63) is 5.92 Å². The molecule has 0 saturated heterocycles. The van der Waals surface area contributed by atoms with E-state index in [1.54, 1.807) is 7.05 Å². The van der Waals surface area contributed by atoms with Gasteiger partial charge in [0.05, 0.1) is 0 Å². The van der Waals surface area contributed by atoms with Crippen molar-refractivity contribution < 1.29 is 8.42 Å². The van der Waals surface area contributed by atoms with Crippen molar-refractivity contribution in [2.24, 2.45) is 0 Å². The van der Waals surface area contributed by atoms with Gasteiger partial charge in [-0.15, -0.1) is 0 Å². The summed E-state index contributed by atoms with van der Waals surface area (Å²) in [6, 6.07) is 0.00227. The van der Waals surface area contributed by atoms with E-state index in [1.165, 1.54) is 17.3 Å². The van der Waals surface area contributed by atoms with E-state index >= 15 is 0 Å². The van der Waals surface area contributed by atoms with E-state index in [9.17, 15) is 8.42 Å². The SMILES string of the molecule is CNS(=O)(=O)N(C)C(C)C[C](C)C. The number of nitrogens with zero attached hydrogens (tertiary/aromatic N) is 1. The van der Waals surface area contributed by atoms with Crippen LogP contribution in [0.5, 0.6) is 0 Å². The first-order chi connectivity index (χ1) is 5.81. The monoisotopic (exact) mass is 207 g/mol. The molecule has 0 fully saturated rings. The molecule has 0 spiro atoms. The molecular formula is C8H19N2O2S. The molecule has 0 aromatic heterocycles. The third-order valence-electron chi connectivity index (χ3n) is 1.96. The summed E-state index contributed by atoms with van der Waals surface area (Å²) >= 11 is 0. The van der Waals surface area contributed by atoms with Crippen LogP contribution in [0.1, 0.15) is 27.2 Å². The van der Waals surface area contributed by atoms with E-state index in [0.717, 1.165) is 6.42 Å². The first kappa shape index (κ1) is 12.9. The Labute approximate surface area is 81.5 Å². The molecule has 13 heavy (non-hydrogen) atoms. The molecule has 1 unspecified atom stereocenters. The first-order valence-corrected chi connectivity index (χ1v) is 5.70. The van der Waals surface area contributed by atoms with Crippen LogP contribution in [-0.4, -0.2) is 32.9 Å². The summed E-state index contributed by atoms with van der Waals surface area (Å²) in [6.07, 6.45) is 0.789. The highest BCUT2D eigenvalue weighted by Crippen LogP contribution is 2.12. The van der Waals surface area contributed by atoms with Crippen molar-refractivity contribution in [1.29, 1.82) is 0 Å². The predicted octanol–water partition coefficient (Wildman–Crippen LogP) is 0.775. The average Bonchev–Trinajstić information content (AvgIpc) is 2.01. The minimum absolute atomic E-state index is 0.00227. The molecule has 79 valence electrons. The second kappa shape index (κ2) is 4.93. The molecule has 0 bridgehead atoms. The van der Waals surface area contributed by atoms with Crippen LogP contribution in [0.2, 0.25) is 0 Å². The van der Waals surface area contributed by atoms with Gasteiger partial charge in [-0.2, -0.15) is 12.7 Å². The quantitative estimate of drug-likeness (QED) is 0.724. The summed E-state index contributed by atoms with van der Waals surface area (Å²) in [5.74, 6) is 1.23. The largest absolute Gasteiger partial charge is 0.279 e. The molecular weight excluding hydrogens is 188 g/mol. The summed E-state index contributed by atoms with van der Waals surface area (Å²) < 4.78 is 26.3. The van der Waals surface area contributed by atoms with Crippen LogP contribution >= 0.6 is 0 Å². The lowest BCUT2D eigenvalue weighted by Gasteiger charge is -2.24. The third kappa shape index (κ3) is 4.06. The van der Waals surface area contributed by atoms with E-state index in [-0.39, 0.29) is 6.04 Å². The molecule has 0 aliphatic heterocycles. The Hall–Kier alpha value is -0.130. The van der Waals surface area contributed by atoms with Gasteiger partial charge in [0, 0.05) is 20.1 Å².